The van der Waals surface area contributed by atoms with E-state index in [9.17, 15) is 9.59 Å². The molecule has 2 fully saturated rings. The van der Waals surface area contributed by atoms with Crippen molar-refractivity contribution in [1.29, 1.82) is 0 Å². The van der Waals surface area contributed by atoms with Gasteiger partial charge in [0.2, 0.25) is 0 Å². The van der Waals surface area contributed by atoms with Crippen LogP contribution in [-0.2, 0) is 9.59 Å². The van der Waals surface area contributed by atoms with E-state index in [0.29, 0.717) is 12.3 Å². The maximum atomic E-state index is 11.2. The normalized spacial score (nSPS) is 40.0. The molecular weight excluding hydrogens is 156 g/mol. The highest BCUT2D eigenvalue weighted by Crippen LogP contribution is 2.45. The van der Waals surface area contributed by atoms with Crippen LogP contribution in [0.2, 0.25) is 0 Å². The number of hydrogen-bond donors (Lipinski definition) is 1. The van der Waals surface area contributed by atoms with Crippen molar-refractivity contribution in [3.05, 3.63) is 0 Å². The summed E-state index contributed by atoms with van der Waals surface area (Å²) in [7, 11) is 0. The van der Waals surface area contributed by atoms with E-state index in [4.69, 9.17) is 5.11 Å². The second kappa shape index (κ2) is 2.57. The van der Waals surface area contributed by atoms with Gasteiger partial charge in [0.05, 0.1) is 0 Å². The van der Waals surface area contributed by atoms with Crippen LogP contribution in [0, 0.1) is 17.8 Å². The van der Waals surface area contributed by atoms with Crippen molar-refractivity contribution < 1.29 is 14.7 Å². The van der Waals surface area contributed by atoms with E-state index in [1.807, 2.05) is 0 Å². The van der Waals surface area contributed by atoms with E-state index in [2.05, 4.69) is 0 Å². The van der Waals surface area contributed by atoms with E-state index >= 15 is 0 Å². The molecular formula is C9H12O3. The van der Waals surface area contributed by atoms with Crippen molar-refractivity contribution in [2.24, 2.45) is 17.8 Å². The van der Waals surface area contributed by atoms with Crippen molar-refractivity contribution in [3.8, 4) is 0 Å². The minimum atomic E-state index is -0.908. The van der Waals surface area contributed by atoms with Crippen molar-refractivity contribution >= 4 is 11.8 Å². The standard InChI is InChI=1S/C9H12O3/c10-7-4-5-2-1-3-6(5)8(7)9(11)12/h5-6,8H,1-4H2,(H,11,12)/t5?,6?,8-/m1/s1. The Morgan fingerprint density at radius 1 is 1.42 bits per heavy atom. The van der Waals surface area contributed by atoms with E-state index in [1.165, 1.54) is 0 Å². The van der Waals surface area contributed by atoms with Crippen LogP contribution < -0.4 is 0 Å². The molecule has 0 bridgehead atoms. The molecule has 0 aliphatic heterocycles. The van der Waals surface area contributed by atoms with Gasteiger partial charge in [-0.2, -0.15) is 0 Å². The molecule has 0 spiro atoms. The number of Topliss-reactive ketones (excluding diaryl/α,β-unsaturated/α-hetero) is 1. The molecule has 0 aromatic heterocycles. The SMILES string of the molecule is O=C(O)[C@H]1C(=O)CC2CCCC21. The lowest BCUT2D eigenvalue weighted by molar-refractivity contribution is -0.146. The third-order valence-corrected chi connectivity index (χ3v) is 3.22. The zero-order valence-corrected chi connectivity index (χ0v) is 6.82. The molecule has 2 aliphatic rings. The summed E-state index contributed by atoms with van der Waals surface area (Å²) >= 11 is 0. The number of carbonyl (C=O) groups excluding carboxylic acids is 1. The first kappa shape index (κ1) is 7.77. The summed E-state index contributed by atoms with van der Waals surface area (Å²) in [5.74, 6) is -1.07. The minimum Gasteiger partial charge on any atom is -0.481 e. The predicted molar refractivity (Wildman–Crippen MR) is 41.6 cm³/mol. The molecule has 0 radical (unpaired) electrons. The van der Waals surface area contributed by atoms with Gasteiger partial charge in [0, 0.05) is 6.42 Å². The van der Waals surface area contributed by atoms with Crippen LogP contribution in [0.4, 0.5) is 0 Å². The molecule has 2 aliphatic carbocycles. The van der Waals surface area contributed by atoms with Gasteiger partial charge in [0.25, 0.3) is 0 Å². The number of ketones is 1. The van der Waals surface area contributed by atoms with Crippen molar-refractivity contribution in [2.45, 2.75) is 25.7 Å². The second-order valence-electron chi connectivity index (χ2n) is 3.84. The minimum absolute atomic E-state index is 0.0443. The Morgan fingerprint density at radius 2 is 2.17 bits per heavy atom. The van der Waals surface area contributed by atoms with Gasteiger partial charge in [-0.25, -0.2) is 0 Å². The number of aliphatic carboxylic acids is 1. The predicted octanol–water partition coefficient (Wildman–Crippen LogP) is 1.08. The van der Waals surface area contributed by atoms with Crippen LogP contribution in [0.5, 0.6) is 0 Å². The van der Waals surface area contributed by atoms with Crippen LogP contribution in [0.1, 0.15) is 25.7 Å². The molecule has 3 atom stereocenters. The molecule has 12 heavy (non-hydrogen) atoms. The molecule has 2 unspecified atom stereocenters. The molecule has 0 amide bonds. The average Bonchev–Trinajstić information content (AvgIpc) is 2.44. The fraction of sp³-hybridized carbons (Fsp3) is 0.778. The van der Waals surface area contributed by atoms with Gasteiger partial charge in [-0.05, 0) is 24.7 Å². The molecule has 3 nitrogen and oxygen atoms in total. The van der Waals surface area contributed by atoms with Gasteiger partial charge in [0.1, 0.15) is 11.7 Å². The summed E-state index contributed by atoms with van der Waals surface area (Å²) in [5, 5.41) is 8.81. The Morgan fingerprint density at radius 3 is 2.83 bits per heavy atom. The monoisotopic (exact) mass is 168 g/mol. The Labute approximate surface area is 70.8 Å². The smallest absolute Gasteiger partial charge is 0.314 e. The summed E-state index contributed by atoms with van der Waals surface area (Å²) in [6.07, 6.45) is 3.61. The lowest BCUT2D eigenvalue weighted by Crippen LogP contribution is -2.24. The van der Waals surface area contributed by atoms with Gasteiger partial charge < -0.3 is 5.11 Å². The van der Waals surface area contributed by atoms with E-state index in [0.717, 1.165) is 19.3 Å². The summed E-state index contributed by atoms with van der Waals surface area (Å²) in [6, 6.07) is 0. The lowest BCUT2D eigenvalue weighted by atomic mass is 9.92. The average molecular weight is 168 g/mol. The van der Waals surface area contributed by atoms with Crippen LogP contribution in [0.25, 0.3) is 0 Å². The third kappa shape index (κ3) is 0.958. The molecule has 66 valence electrons. The van der Waals surface area contributed by atoms with Crippen LogP contribution in [0.3, 0.4) is 0 Å². The lowest BCUT2D eigenvalue weighted by Gasteiger charge is -2.11. The molecule has 0 aromatic rings. The van der Waals surface area contributed by atoms with Gasteiger partial charge in [0.15, 0.2) is 0 Å². The fourth-order valence-electron chi connectivity index (χ4n) is 2.70. The number of carboxylic acid groups (broad SMARTS) is 1. The molecule has 0 aromatic carbocycles. The quantitative estimate of drug-likeness (QED) is 0.596. The molecule has 2 saturated carbocycles. The van der Waals surface area contributed by atoms with Crippen LogP contribution >= 0.6 is 0 Å². The van der Waals surface area contributed by atoms with Crippen LogP contribution in [-0.4, -0.2) is 16.9 Å². The maximum absolute atomic E-state index is 11.2. The summed E-state index contributed by atoms with van der Waals surface area (Å²) in [5.41, 5.74) is 0. The Balaban J connectivity index is 2.21. The first-order valence-electron chi connectivity index (χ1n) is 4.45. The van der Waals surface area contributed by atoms with Crippen molar-refractivity contribution in [3.63, 3.8) is 0 Å². The second-order valence-corrected chi connectivity index (χ2v) is 3.84. The number of rotatable bonds is 1. The Bertz CT molecular complexity index is 234. The first-order chi connectivity index (χ1) is 5.70. The topological polar surface area (TPSA) is 54.4 Å². The largest absolute Gasteiger partial charge is 0.481 e. The van der Waals surface area contributed by atoms with Gasteiger partial charge in [-0.15, -0.1) is 0 Å². The molecule has 3 heteroatoms. The number of hydrogen-bond acceptors (Lipinski definition) is 2. The summed E-state index contributed by atoms with van der Waals surface area (Å²) < 4.78 is 0. The van der Waals surface area contributed by atoms with Gasteiger partial charge in [-0.3, -0.25) is 9.59 Å². The highest BCUT2D eigenvalue weighted by Gasteiger charge is 2.48. The van der Waals surface area contributed by atoms with Crippen molar-refractivity contribution in [2.75, 3.05) is 0 Å². The number of carbonyl (C=O) groups is 2. The highest BCUT2D eigenvalue weighted by molar-refractivity contribution is 6.00. The van der Waals surface area contributed by atoms with Gasteiger partial charge >= 0.3 is 5.97 Å². The maximum Gasteiger partial charge on any atom is 0.314 e. The third-order valence-electron chi connectivity index (χ3n) is 3.22. The zero-order valence-electron chi connectivity index (χ0n) is 6.82. The number of fused-ring (bicyclic) bond motifs is 1. The van der Waals surface area contributed by atoms with E-state index in [1.54, 1.807) is 0 Å². The molecule has 2 rings (SSSR count). The summed E-state index contributed by atoms with van der Waals surface area (Å²) in [4.78, 5) is 22.0. The Hall–Kier alpha value is -0.860. The molecule has 1 N–H and O–H groups in total. The summed E-state index contributed by atoms with van der Waals surface area (Å²) in [6.45, 7) is 0. The van der Waals surface area contributed by atoms with Crippen molar-refractivity contribution in [1.82, 2.24) is 0 Å². The Kier molecular flexibility index (Phi) is 1.67. The first-order valence-corrected chi connectivity index (χ1v) is 4.45. The van der Waals surface area contributed by atoms with Gasteiger partial charge in [-0.1, -0.05) is 6.42 Å². The highest BCUT2D eigenvalue weighted by atomic mass is 16.4. The van der Waals surface area contributed by atoms with E-state index < -0.39 is 11.9 Å². The van der Waals surface area contributed by atoms with E-state index in [-0.39, 0.29) is 11.7 Å². The number of carboxylic acids is 1. The zero-order chi connectivity index (χ0) is 8.72. The fourth-order valence-corrected chi connectivity index (χ4v) is 2.70. The molecule has 0 saturated heterocycles. The molecule has 0 heterocycles. The van der Waals surface area contributed by atoms with Crippen LogP contribution in [0.15, 0.2) is 0 Å².